The Hall–Kier alpha value is 0.270. The van der Waals surface area contributed by atoms with Crippen LogP contribution in [0.15, 0.2) is 0 Å². The third-order valence-corrected chi connectivity index (χ3v) is 4.29. The first-order valence-corrected chi connectivity index (χ1v) is 7.61. The van der Waals surface area contributed by atoms with Gasteiger partial charge in [-0.1, -0.05) is 6.92 Å². The Morgan fingerprint density at radius 3 is 2.80 bits per heavy atom. The van der Waals surface area contributed by atoms with Crippen molar-refractivity contribution >= 4 is 11.8 Å². The van der Waals surface area contributed by atoms with Crippen LogP contribution in [0.25, 0.3) is 0 Å². The highest BCUT2D eigenvalue weighted by atomic mass is 32.2. The molecule has 15 heavy (non-hydrogen) atoms. The molecule has 0 aromatic rings. The van der Waals surface area contributed by atoms with Crippen LogP contribution in [0.1, 0.15) is 32.6 Å². The van der Waals surface area contributed by atoms with Gasteiger partial charge in [-0.05, 0) is 38.0 Å². The quantitative estimate of drug-likeness (QED) is 0.671. The van der Waals surface area contributed by atoms with Gasteiger partial charge in [0, 0.05) is 30.9 Å². The molecular formula is C12H24N2S. The molecule has 2 nitrogen and oxygen atoms in total. The fourth-order valence-electron chi connectivity index (χ4n) is 2.38. The minimum atomic E-state index is 0.789. The zero-order chi connectivity index (χ0) is 10.5. The molecule has 0 amide bonds. The molecule has 0 aromatic carbocycles. The average molecular weight is 228 g/mol. The molecule has 1 atom stereocenters. The summed E-state index contributed by atoms with van der Waals surface area (Å²) < 4.78 is 0. The Labute approximate surface area is 98.2 Å². The first kappa shape index (κ1) is 11.7. The number of thioether (sulfide) groups is 1. The Morgan fingerprint density at radius 1 is 1.33 bits per heavy atom. The van der Waals surface area contributed by atoms with Crippen LogP contribution in [0.3, 0.4) is 0 Å². The molecule has 2 rings (SSSR count). The number of hydrogen-bond donors (Lipinski definition) is 1. The third-order valence-electron chi connectivity index (χ3n) is 3.41. The lowest BCUT2D eigenvalue weighted by Crippen LogP contribution is -2.39. The highest BCUT2D eigenvalue weighted by Crippen LogP contribution is 2.27. The van der Waals surface area contributed by atoms with E-state index in [-0.39, 0.29) is 0 Å². The Kier molecular flexibility index (Phi) is 4.79. The molecule has 1 saturated carbocycles. The molecule has 1 aliphatic heterocycles. The van der Waals surface area contributed by atoms with Crippen LogP contribution in [-0.4, -0.2) is 48.1 Å². The molecule has 1 saturated heterocycles. The molecule has 1 unspecified atom stereocenters. The summed E-state index contributed by atoms with van der Waals surface area (Å²) in [5.41, 5.74) is 0. The summed E-state index contributed by atoms with van der Waals surface area (Å²) in [5.74, 6) is 2.58. The van der Waals surface area contributed by atoms with Crippen LogP contribution in [0, 0.1) is 0 Å². The van der Waals surface area contributed by atoms with E-state index in [9.17, 15) is 0 Å². The van der Waals surface area contributed by atoms with Crippen molar-refractivity contribution in [3.63, 3.8) is 0 Å². The molecule has 88 valence electrons. The minimum Gasteiger partial charge on any atom is -0.313 e. The summed E-state index contributed by atoms with van der Waals surface area (Å²) in [7, 11) is 0. The van der Waals surface area contributed by atoms with Gasteiger partial charge in [0.1, 0.15) is 0 Å². The van der Waals surface area contributed by atoms with Crippen molar-refractivity contribution in [3.05, 3.63) is 0 Å². The highest BCUT2D eigenvalue weighted by Gasteiger charge is 2.30. The van der Waals surface area contributed by atoms with Gasteiger partial charge in [0.05, 0.1) is 0 Å². The Morgan fingerprint density at radius 2 is 2.20 bits per heavy atom. The summed E-state index contributed by atoms with van der Waals surface area (Å²) in [6.07, 6.45) is 5.67. The number of hydrogen-bond acceptors (Lipinski definition) is 3. The van der Waals surface area contributed by atoms with Crippen molar-refractivity contribution in [3.8, 4) is 0 Å². The van der Waals surface area contributed by atoms with Crippen LogP contribution in [0.5, 0.6) is 0 Å². The fourth-order valence-corrected chi connectivity index (χ4v) is 3.04. The third kappa shape index (κ3) is 3.97. The number of nitrogens with one attached hydrogen (secondary N) is 1. The molecule has 1 aliphatic carbocycles. The number of nitrogens with zero attached hydrogens (tertiary/aromatic N) is 1. The normalized spacial score (nSPS) is 26.4. The van der Waals surface area contributed by atoms with E-state index in [0.717, 1.165) is 12.1 Å². The zero-order valence-electron chi connectivity index (χ0n) is 9.87. The predicted molar refractivity (Wildman–Crippen MR) is 68.6 cm³/mol. The van der Waals surface area contributed by atoms with Gasteiger partial charge >= 0.3 is 0 Å². The Balaban J connectivity index is 1.68. The molecule has 2 fully saturated rings. The molecule has 0 bridgehead atoms. The molecule has 2 aliphatic rings. The van der Waals surface area contributed by atoms with Gasteiger partial charge in [0.15, 0.2) is 0 Å². The smallest absolute Gasteiger partial charge is 0.0195 e. The predicted octanol–water partition coefficient (Wildman–Crippen LogP) is 1.96. The van der Waals surface area contributed by atoms with E-state index in [0.29, 0.717) is 0 Å². The average Bonchev–Trinajstić information content (AvgIpc) is 2.97. The monoisotopic (exact) mass is 228 g/mol. The van der Waals surface area contributed by atoms with Gasteiger partial charge in [-0.3, -0.25) is 4.90 Å². The van der Waals surface area contributed by atoms with Crippen LogP contribution < -0.4 is 5.32 Å². The molecular weight excluding hydrogens is 204 g/mol. The van der Waals surface area contributed by atoms with Crippen molar-refractivity contribution in [2.75, 3.05) is 31.1 Å². The molecule has 1 heterocycles. The lowest BCUT2D eigenvalue weighted by molar-refractivity contribution is 0.254. The van der Waals surface area contributed by atoms with E-state index < -0.39 is 0 Å². The standard InChI is InChI=1S/C12H24N2S/c1-2-15-9-8-14(12-5-6-12)10-11-4-3-7-13-11/h11-13H,2-10H2,1H3. The fraction of sp³-hybridized carbons (Fsp3) is 1.00. The summed E-state index contributed by atoms with van der Waals surface area (Å²) in [5, 5.41) is 3.61. The van der Waals surface area contributed by atoms with Crippen molar-refractivity contribution in [2.24, 2.45) is 0 Å². The van der Waals surface area contributed by atoms with Crippen molar-refractivity contribution in [1.82, 2.24) is 10.2 Å². The van der Waals surface area contributed by atoms with Gasteiger partial charge < -0.3 is 5.32 Å². The zero-order valence-corrected chi connectivity index (χ0v) is 10.7. The molecule has 0 spiro atoms. The van der Waals surface area contributed by atoms with E-state index in [1.807, 2.05) is 0 Å². The highest BCUT2D eigenvalue weighted by molar-refractivity contribution is 7.99. The molecule has 0 aromatic heterocycles. The van der Waals surface area contributed by atoms with Crippen molar-refractivity contribution in [1.29, 1.82) is 0 Å². The lowest BCUT2D eigenvalue weighted by atomic mass is 10.2. The second-order valence-corrected chi connectivity index (χ2v) is 6.11. The summed E-state index contributed by atoms with van der Waals surface area (Å²) >= 11 is 2.08. The van der Waals surface area contributed by atoms with E-state index in [2.05, 4.69) is 28.9 Å². The van der Waals surface area contributed by atoms with Gasteiger partial charge in [0.25, 0.3) is 0 Å². The molecule has 3 heteroatoms. The summed E-state index contributed by atoms with van der Waals surface area (Å²) in [6, 6.07) is 1.72. The molecule has 1 N–H and O–H groups in total. The van der Waals surface area contributed by atoms with Crippen molar-refractivity contribution < 1.29 is 0 Å². The largest absolute Gasteiger partial charge is 0.313 e. The van der Waals surface area contributed by atoms with Gasteiger partial charge in [-0.25, -0.2) is 0 Å². The maximum Gasteiger partial charge on any atom is 0.0195 e. The second-order valence-electron chi connectivity index (χ2n) is 4.72. The van der Waals surface area contributed by atoms with Crippen LogP contribution in [0.2, 0.25) is 0 Å². The summed E-state index contributed by atoms with van der Waals surface area (Å²) in [6.45, 7) is 6.10. The maximum atomic E-state index is 3.61. The van der Waals surface area contributed by atoms with Crippen LogP contribution in [-0.2, 0) is 0 Å². The van der Waals surface area contributed by atoms with E-state index >= 15 is 0 Å². The lowest BCUT2D eigenvalue weighted by Gasteiger charge is -2.25. The summed E-state index contributed by atoms with van der Waals surface area (Å²) in [4.78, 5) is 2.73. The van der Waals surface area contributed by atoms with Crippen molar-refractivity contribution in [2.45, 2.75) is 44.7 Å². The first-order chi connectivity index (χ1) is 7.40. The van der Waals surface area contributed by atoms with E-state index in [1.54, 1.807) is 0 Å². The van der Waals surface area contributed by atoms with Gasteiger partial charge in [-0.2, -0.15) is 11.8 Å². The number of rotatable bonds is 7. The first-order valence-electron chi connectivity index (χ1n) is 6.45. The van der Waals surface area contributed by atoms with E-state index in [1.165, 1.54) is 56.8 Å². The topological polar surface area (TPSA) is 15.3 Å². The maximum absolute atomic E-state index is 3.61. The second kappa shape index (κ2) is 6.12. The molecule has 0 radical (unpaired) electrons. The van der Waals surface area contributed by atoms with E-state index in [4.69, 9.17) is 0 Å². The van der Waals surface area contributed by atoms with Crippen LogP contribution >= 0.6 is 11.8 Å². The SMILES string of the molecule is CCSCCN(CC1CCCN1)C1CC1. The minimum absolute atomic E-state index is 0.789. The van der Waals surface area contributed by atoms with Gasteiger partial charge in [-0.15, -0.1) is 0 Å². The van der Waals surface area contributed by atoms with Crippen LogP contribution in [0.4, 0.5) is 0 Å². The van der Waals surface area contributed by atoms with Gasteiger partial charge in [0.2, 0.25) is 0 Å². The Bertz CT molecular complexity index is 176.